The molecule has 1 aromatic carbocycles. The number of thioether (sulfide) groups is 1. The van der Waals surface area contributed by atoms with Crippen LogP contribution in [0.15, 0.2) is 29.4 Å². The van der Waals surface area contributed by atoms with Gasteiger partial charge in [-0.15, -0.1) is 10.2 Å². The number of nitrogens with zero attached hydrogens (tertiary/aromatic N) is 4. The van der Waals surface area contributed by atoms with Crippen molar-refractivity contribution in [2.45, 2.75) is 23.9 Å². The smallest absolute Gasteiger partial charge is 0.232 e. The highest BCUT2D eigenvalue weighted by Gasteiger charge is 2.30. The van der Waals surface area contributed by atoms with Gasteiger partial charge in [-0.2, -0.15) is 0 Å². The van der Waals surface area contributed by atoms with Gasteiger partial charge in [-0.25, -0.2) is 4.68 Å². The number of nitrogen functional groups attached to an aromatic ring is 1. The van der Waals surface area contributed by atoms with Crippen LogP contribution in [0.2, 0.25) is 5.02 Å². The highest BCUT2D eigenvalue weighted by Crippen LogP contribution is 2.39. The molecule has 9 heteroatoms. The van der Waals surface area contributed by atoms with Crippen molar-refractivity contribution in [3.63, 3.8) is 0 Å². The standard InChI is InChI=1S/C16H20ClN5O2S/c1-21(8-9-24-13-6-4-12(17)5-7-13)14(23)10-25-16-20-19-15(22(16)18)11-2-3-11/h4-7,11H,2-3,8-10,18H2,1H3. The summed E-state index contributed by atoms with van der Waals surface area (Å²) in [6.45, 7) is 0.901. The highest BCUT2D eigenvalue weighted by molar-refractivity contribution is 7.99. The fourth-order valence-corrected chi connectivity index (χ4v) is 3.13. The maximum absolute atomic E-state index is 12.2. The summed E-state index contributed by atoms with van der Waals surface area (Å²) in [6, 6.07) is 7.12. The molecule has 134 valence electrons. The van der Waals surface area contributed by atoms with Crippen molar-refractivity contribution in [1.82, 2.24) is 19.8 Å². The van der Waals surface area contributed by atoms with E-state index in [2.05, 4.69) is 10.2 Å². The number of nitrogens with two attached hydrogens (primary N) is 1. The Morgan fingerprint density at radius 2 is 2.12 bits per heavy atom. The number of aromatic nitrogens is 3. The minimum atomic E-state index is -0.0133. The van der Waals surface area contributed by atoms with E-state index < -0.39 is 0 Å². The average Bonchev–Trinajstić information content (AvgIpc) is 3.38. The Kier molecular flexibility index (Phi) is 5.70. The molecule has 0 saturated heterocycles. The molecule has 7 nitrogen and oxygen atoms in total. The van der Waals surface area contributed by atoms with Crippen LogP contribution in [0, 0.1) is 0 Å². The molecule has 25 heavy (non-hydrogen) atoms. The molecule has 0 spiro atoms. The Bertz CT molecular complexity index is 733. The summed E-state index contributed by atoms with van der Waals surface area (Å²) in [5.41, 5.74) is 0. The number of rotatable bonds is 8. The van der Waals surface area contributed by atoms with E-state index in [-0.39, 0.29) is 11.7 Å². The van der Waals surface area contributed by atoms with Crippen molar-refractivity contribution in [2.75, 3.05) is 31.8 Å². The van der Waals surface area contributed by atoms with Gasteiger partial charge in [0.25, 0.3) is 0 Å². The second kappa shape index (κ2) is 7.97. The molecular formula is C16H20ClN5O2S. The number of benzene rings is 1. The lowest BCUT2D eigenvalue weighted by molar-refractivity contribution is -0.127. The first-order chi connectivity index (χ1) is 12.0. The van der Waals surface area contributed by atoms with Gasteiger partial charge in [0.15, 0.2) is 5.82 Å². The lowest BCUT2D eigenvalue weighted by Crippen LogP contribution is -2.32. The van der Waals surface area contributed by atoms with Gasteiger partial charge in [0.05, 0.1) is 12.3 Å². The Morgan fingerprint density at radius 1 is 1.40 bits per heavy atom. The zero-order chi connectivity index (χ0) is 17.8. The molecule has 1 heterocycles. The van der Waals surface area contributed by atoms with Gasteiger partial charge in [0.2, 0.25) is 11.1 Å². The molecule has 2 N–H and O–H groups in total. The summed E-state index contributed by atoms with van der Waals surface area (Å²) >= 11 is 7.12. The summed E-state index contributed by atoms with van der Waals surface area (Å²) in [7, 11) is 1.75. The lowest BCUT2D eigenvalue weighted by atomic mass is 10.3. The normalized spacial score (nSPS) is 13.7. The molecule has 0 aliphatic heterocycles. The second-order valence-electron chi connectivity index (χ2n) is 5.89. The molecule has 0 bridgehead atoms. The number of halogens is 1. The fourth-order valence-electron chi connectivity index (χ4n) is 2.20. The molecule has 1 saturated carbocycles. The molecule has 1 fully saturated rings. The van der Waals surface area contributed by atoms with E-state index in [1.54, 1.807) is 36.2 Å². The zero-order valence-electron chi connectivity index (χ0n) is 13.9. The average molecular weight is 382 g/mol. The van der Waals surface area contributed by atoms with Crippen molar-refractivity contribution in [3.8, 4) is 5.75 Å². The van der Waals surface area contributed by atoms with Crippen LogP contribution in [0.4, 0.5) is 0 Å². The minimum Gasteiger partial charge on any atom is -0.492 e. The van der Waals surface area contributed by atoms with E-state index in [1.807, 2.05) is 0 Å². The van der Waals surface area contributed by atoms with Gasteiger partial charge in [-0.1, -0.05) is 23.4 Å². The topological polar surface area (TPSA) is 86.3 Å². The molecule has 0 atom stereocenters. The number of hydrogen-bond donors (Lipinski definition) is 1. The lowest BCUT2D eigenvalue weighted by Gasteiger charge is -2.17. The quantitative estimate of drug-likeness (QED) is 0.557. The third kappa shape index (κ3) is 4.79. The van der Waals surface area contributed by atoms with E-state index >= 15 is 0 Å². The summed E-state index contributed by atoms with van der Waals surface area (Å²) in [4.78, 5) is 13.8. The van der Waals surface area contributed by atoms with Crippen LogP contribution in [-0.2, 0) is 4.79 Å². The number of likely N-dealkylation sites (N-methyl/N-ethyl adjacent to an activating group) is 1. The molecule has 1 aromatic heterocycles. The third-order valence-corrected chi connectivity index (χ3v) is 5.07. The summed E-state index contributed by atoms with van der Waals surface area (Å²) in [6.07, 6.45) is 2.21. The zero-order valence-corrected chi connectivity index (χ0v) is 15.5. The SMILES string of the molecule is CN(CCOc1ccc(Cl)cc1)C(=O)CSc1nnc(C2CC2)n1N. The largest absolute Gasteiger partial charge is 0.492 e. The van der Waals surface area contributed by atoms with Crippen molar-refractivity contribution in [1.29, 1.82) is 0 Å². The predicted octanol–water partition coefficient (Wildman–Crippen LogP) is 2.15. The fraction of sp³-hybridized carbons (Fsp3) is 0.438. The first-order valence-corrected chi connectivity index (χ1v) is 9.36. The van der Waals surface area contributed by atoms with Crippen LogP contribution in [0.3, 0.4) is 0 Å². The Labute approximate surface area is 155 Å². The van der Waals surface area contributed by atoms with Crippen LogP contribution in [-0.4, -0.2) is 51.6 Å². The van der Waals surface area contributed by atoms with Gasteiger partial charge in [0.1, 0.15) is 12.4 Å². The summed E-state index contributed by atoms with van der Waals surface area (Å²) in [5, 5.41) is 9.40. The number of carbonyl (C=O) groups is 1. The van der Waals surface area contributed by atoms with E-state index in [1.165, 1.54) is 16.4 Å². The first-order valence-electron chi connectivity index (χ1n) is 8.00. The summed E-state index contributed by atoms with van der Waals surface area (Å²) in [5.74, 6) is 8.18. The van der Waals surface area contributed by atoms with E-state index in [0.717, 1.165) is 24.4 Å². The maximum atomic E-state index is 12.2. The molecule has 0 unspecified atom stereocenters. The maximum Gasteiger partial charge on any atom is 0.232 e. The van der Waals surface area contributed by atoms with Crippen molar-refractivity contribution in [2.24, 2.45) is 0 Å². The molecule has 3 rings (SSSR count). The molecular weight excluding hydrogens is 362 g/mol. The Morgan fingerprint density at radius 3 is 2.80 bits per heavy atom. The van der Waals surface area contributed by atoms with E-state index in [4.69, 9.17) is 22.2 Å². The monoisotopic (exact) mass is 381 g/mol. The van der Waals surface area contributed by atoms with Crippen LogP contribution in [0.1, 0.15) is 24.6 Å². The molecule has 2 aromatic rings. The van der Waals surface area contributed by atoms with Crippen molar-refractivity contribution in [3.05, 3.63) is 35.1 Å². The van der Waals surface area contributed by atoms with Gasteiger partial charge in [-0.3, -0.25) is 4.79 Å². The number of hydrogen-bond acceptors (Lipinski definition) is 6. The number of carbonyl (C=O) groups excluding carboxylic acids is 1. The molecule has 0 radical (unpaired) electrons. The second-order valence-corrected chi connectivity index (χ2v) is 7.27. The number of ether oxygens (including phenoxy) is 1. The van der Waals surface area contributed by atoms with Crippen LogP contribution >= 0.6 is 23.4 Å². The predicted molar refractivity (Wildman–Crippen MR) is 97.5 cm³/mol. The van der Waals surface area contributed by atoms with Gasteiger partial charge >= 0.3 is 0 Å². The summed E-state index contributed by atoms with van der Waals surface area (Å²) < 4.78 is 7.09. The Balaban J connectivity index is 1.40. The van der Waals surface area contributed by atoms with Crippen LogP contribution in [0.5, 0.6) is 5.75 Å². The van der Waals surface area contributed by atoms with Gasteiger partial charge in [-0.05, 0) is 37.1 Å². The minimum absolute atomic E-state index is 0.0133. The third-order valence-electron chi connectivity index (χ3n) is 3.89. The molecule has 1 amide bonds. The van der Waals surface area contributed by atoms with Crippen molar-refractivity contribution < 1.29 is 9.53 Å². The van der Waals surface area contributed by atoms with Gasteiger partial charge < -0.3 is 15.5 Å². The molecule has 1 aliphatic carbocycles. The highest BCUT2D eigenvalue weighted by atomic mass is 35.5. The van der Waals surface area contributed by atoms with E-state index in [9.17, 15) is 4.79 Å². The van der Waals surface area contributed by atoms with Crippen molar-refractivity contribution >= 4 is 29.3 Å². The van der Waals surface area contributed by atoms with Crippen LogP contribution < -0.4 is 10.6 Å². The van der Waals surface area contributed by atoms with Crippen LogP contribution in [0.25, 0.3) is 0 Å². The number of amides is 1. The first kappa shape index (κ1) is 17.9. The van der Waals surface area contributed by atoms with E-state index in [0.29, 0.717) is 29.2 Å². The molecule has 1 aliphatic rings. The Hall–Kier alpha value is -1.93. The van der Waals surface area contributed by atoms with Gasteiger partial charge in [0, 0.05) is 18.0 Å².